The van der Waals surface area contributed by atoms with Gasteiger partial charge in [0.1, 0.15) is 22.9 Å². The van der Waals surface area contributed by atoms with Crippen LogP contribution in [0.3, 0.4) is 0 Å². The molecule has 0 aliphatic heterocycles. The Morgan fingerprint density at radius 3 is 2.52 bits per heavy atom. The van der Waals surface area contributed by atoms with Crippen LogP contribution in [0.4, 0.5) is 8.78 Å². The first-order chi connectivity index (χ1) is 9.99. The highest BCUT2D eigenvalue weighted by atomic mass is 35.5. The number of nitrogens with zero attached hydrogens (tertiary/aromatic N) is 1. The number of halogens is 3. The molecule has 0 spiro atoms. The zero-order valence-electron chi connectivity index (χ0n) is 10.7. The van der Waals surface area contributed by atoms with Crippen LogP contribution in [0, 0.1) is 11.6 Å². The van der Waals surface area contributed by atoms with Gasteiger partial charge in [0.05, 0.1) is 11.1 Å². The van der Waals surface area contributed by atoms with Gasteiger partial charge in [0.15, 0.2) is 0 Å². The number of nitrogens with one attached hydrogen (secondary N) is 1. The van der Waals surface area contributed by atoms with Crippen molar-refractivity contribution in [3.8, 4) is 0 Å². The molecule has 2 aromatic rings. The number of rotatable bonds is 4. The van der Waals surface area contributed by atoms with Crippen molar-refractivity contribution < 1.29 is 18.7 Å². The van der Waals surface area contributed by atoms with Crippen molar-refractivity contribution in [2.75, 3.05) is 6.54 Å². The van der Waals surface area contributed by atoms with E-state index in [9.17, 15) is 18.7 Å². The van der Waals surface area contributed by atoms with Crippen molar-refractivity contribution in [1.82, 2.24) is 10.3 Å². The van der Waals surface area contributed by atoms with Gasteiger partial charge in [-0.05, 0) is 24.3 Å². The molecule has 2 N–H and O–H groups in total. The summed E-state index contributed by atoms with van der Waals surface area (Å²) in [7, 11) is 0. The Hall–Kier alpha value is -2.05. The number of amides is 1. The Kier molecular flexibility index (Phi) is 4.82. The molecule has 0 fully saturated rings. The van der Waals surface area contributed by atoms with Gasteiger partial charge in [0, 0.05) is 12.7 Å². The lowest BCUT2D eigenvalue weighted by Gasteiger charge is -2.13. The molecule has 21 heavy (non-hydrogen) atoms. The molecule has 4 nitrogen and oxygen atoms in total. The number of hydrogen-bond donors (Lipinski definition) is 2. The molecule has 1 unspecified atom stereocenters. The van der Waals surface area contributed by atoms with E-state index in [1.54, 1.807) is 0 Å². The molecule has 110 valence electrons. The number of hydrogen-bond acceptors (Lipinski definition) is 3. The molecule has 0 radical (unpaired) electrons. The second-order valence-electron chi connectivity index (χ2n) is 4.23. The predicted octanol–water partition coefficient (Wildman–Crippen LogP) is 2.48. The van der Waals surface area contributed by atoms with Crippen LogP contribution < -0.4 is 5.32 Å². The summed E-state index contributed by atoms with van der Waals surface area (Å²) >= 11 is 5.59. The molecule has 1 aromatic heterocycles. The minimum atomic E-state index is -1.49. The summed E-state index contributed by atoms with van der Waals surface area (Å²) in [5, 5.41) is 12.4. The minimum absolute atomic E-state index is 0.223. The third-order valence-electron chi connectivity index (χ3n) is 2.78. The first kappa shape index (κ1) is 15.3. The van der Waals surface area contributed by atoms with Crippen molar-refractivity contribution >= 4 is 17.5 Å². The number of carbonyl (C=O) groups excluding carboxylic acids is 1. The number of carbonyl (C=O) groups is 1. The second-order valence-corrected chi connectivity index (χ2v) is 4.62. The molecule has 1 atom stereocenters. The van der Waals surface area contributed by atoms with Gasteiger partial charge < -0.3 is 10.4 Å². The van der Waals surface area contributed by atoms with Crippen molar-refractivity contribution in [3.63, 3.8) is 0 Å². The lowest BCUT2D eigenvalue weighted by Crippen LogP contribution is -2.29. The Morgan fingerprint density at radius 2 is 1.95 bits per heavy atom. The van der Waals surface area contributed by atoms with E-state index in [1.807, 2.05) is 0 Å². The Labute approximate surface area is 124 Å². The molecule has 0 aliphatic carbocycles. The van der Waals surface area contributed by atoms with Gasteiger partial charge in [-0.3, -0.25) is 4.79 Å². The molecule has 0 aliphatic rings. The fourth-order valence-corrected chi connectivity index (χ4v) is 1.84. The fraction of sp³-hybridized carbons (Fsp3) is 0.143. The molecule has 1 amide bonds. The van der Waals surface area contributed by atoms with Gasteiger partial charge in [0.2, 0.25) is 0 Å². The van der Waals surface area contributed by atoms with Gasteiger partial charge >= 0.3 is 0 Å². The van der Waals surface area contributed by atoms with Crippen LogP contribution in [0.5, 0.6) is 0 Å². The van der Waals surface area contributed by atoms with E-state index < -0.39 is 29.2 Å². The summed E-state index contributed by atoms with van der Waals surface area (Å²) in [5.41, 5.74) is -0.257. The summed E-state index contributed by atoms with van der Waals surface area (Å²) in [5.74, 6) is -2.27. The van der Waals surface area contributed by atoms with Crippen LogP contribution in [-0.4, -0.2) is 22.5 Å². The lowest BCUT2D eigenvalue weighted by molar-refractivity contribution is 0.0911. The van der Waals surface area contributed by atoms with E-state index in [0.29, 0.717) is 0 Å². The molecular weight excluding hydrogens is 302 g/mol. The number of aromatic nitrogens is 1. The van der Waals surface area contributed by atoms with Crippen molar-refractivity contribution in [1.29, 1.82) is 0 Å². The number of pyridine rings is 1. The smallest absolute Gasteiger partial charge is 0.252 e. The molecule has 0 bridgehead atoms. The summed E-state index contributed by atoms with van der Waals surface area (Å²) < 4.78 is 26.9. The minimum Gasteiger partial charge on any atom is -0.386 e. The summed E-state index contributed by atoms with van der Waals surface area (Å²) in [4.78, 5) is 15.5. The van der Waals surface area contributed by atoms with Crippen molar-refractivity contribution in [2.45, 2.75) is 6.10 Å². The highest BCUT2D eigenvalue weighted by molar-refractivity contribution is 6.29. The molecule has 1 heterocycles. The third kappa shape index (κ3) is 3.74. The lowest BCUT2D eigenvalue weighted by atomic mass is 10.1. The van der Waals surface area contributed by atoms with Crippen LogP contribution in [0.2, 0.25) is 5.15 Å². The SMILES string of the molecule is O=C(NCC(O)c1c(F)cccc1F)c1ccc(Cl)nc1. The zero-order chi connectivity index (χ0) is 15.4. The van der Waals surface area contributed by atoms with Crippen LogP contribution in [0.1, 0.15) is 22.0 Å². The van der Waals surface area contributed by atoms with E-state index in [0.717, 1.165) is 12.1 Å². The number of benzene rings is 1. The Bertz CT molecular complexity index is 630. The maximum atomic E-state index is 13.5. The predicted molar refractivity (Wildman–Crippen MR) is 72.9 cm³/mol. The van der Waals surface area contributed by atoms with E-state index in [4.69, 9.17) is 11.6 Å². The molecule has 2 rings (SSSR count). The topological polar surface area (TPSA) is 62.2 Å². The average Bonchev–Trinajstić information content (AvgIpc) is 2.45. The van der Waals surface area contributed by atoms with Crippen LogP contribution in [0.15, 0.2) is 36.5 Å². The molecule has 1 aromatic carbocycles. The highest BCUT2D eigenvalue weighted by Gasteiger charge is 2.18. The average molecular weight is 313 g/mol. The van der Waals surface area contributed by atoms with Gasteiger partial charge in [0.25, 0.3) is 5.91 Å². The largest absolute Gasteiger partial charge is 0.386 e. The summed E-state index contributed by atoms with van der Waals surface area (Å²) in [6, 6.07) is 6.14. The van der Waals surface area contributed by atoms with E-state index >= 15 is 0 Å². The van der Waals surface area contributed by atoms with Crippen LogP contribution >= 0.6 is 11.6 Å². The van der Waals surface area contributed by atoms with Crippen LogP contribution in [-0.2, 0) is 0 Å². The fourth-order valence-electron chi connectivity index (χ4n) is 1.73. The van der Waals surface area contributed by atoms with E-state index in [1.165, 1.54) is 24.4 Å². The Balaban J connectivity index is 2.02. The second kappa shape index (κ2) is 6.60. The molecule has 0 saturated carbocycles. The van der Waals surface area contributed by atoms with E-state index in [-0.39, 0.29) is 17.3 Å². The number of aliphatic hydroxyl groups is 1. The molecular formula is C14H11ClF2N2O2. The first-order valence-corrected chi connectivity index (χ1v) is 6.38. The summed E-state index contributed by atoms with van der Waals surface area (Å²) in [6.45, 7) is -0.334. The molecule has 0 saturated heterocycles. The zero-order valence-corrected chi connectivity index (χ0v) is 11.4. The van der Waals surface area contributed by atoms with Crippen molar-refractivity contribution in [3.05, 3.63) is 64.4 Å². The quantitative estimate of drug-likeness (QED) is 0.853. The van der Waals surface area contributed by atoms with Gasteiger partial charge in [-0.2, -0.15) is 0 Å². The first-order valence-electron chi connectivity index (χ1n) is 6.00. The van der Waals surface area contributed by atoms with Crippen LogP contribution in [0.25, 0.3) is 0 Å². The Morgan fingerprint density at radius 1 is 1.29 bits per heavy atom. The van der Waals surface area contributed by atoms with Gasteiger partial charge in [-0.1, -0.05) is 17.7 Å². The number of aliphatic hydroxyl groups excluding tert-OH is 1. The third-order valence-corrected chi connectivity index (χ3v) is 3.00. The highest BCUT2D eigenvalue weighted by Crippen LogP contribution is 2.20. The normalized spacial score (nSPS) is 12.0. The monoisotopic (exact) mass is 312 g/mol. The van der Waals surface area contributed by atoms with Gasteiger partial charge in [-0.15, -0.1) is 0 Å². The van der Waals surface area contributed by atoms with Crippen molar-refractivity contribution in [2.24, 2.45) is 0 Å². The van der Waals surface area contributed by atoms with Gasteiger partial charge in [-0.25, -0.2) is 13.8 Å². The molecule has 7 heteroatoms. The maximum Gasteiger partial charge on any atom is 0.252 e. The standard InChI is InChI=1S/C14H11ClF2N2O2/c15-12-5-4-8(6-18-12)14(21)19-7-11(20)13-9(16)2-1-3-10(13)17/h1-6,11,20H,7H2,(H,19,21). The van der Waals surface area contributed by atoms with E-state index in [2.05, 4.69) is 10.3 Å². The maximum absolute atomic E-state index is 13.5. The summed E-state index contributed by atoms with van der Waals surface area (Å²) in [6.07, 6.45) is -0.233.